The molecule has 0 N–H and O–H groups in total. The van der Waals surface area contributed by atoms with Crippen LogP contribution in [0.2, 0.25) is 0 Å². The predicted octanol–water partition coefficient (Wildman–Crippen LogP) is 1.18. The van der Waals surface area contributed by atoms with E-state index in [0.29, 0.717) is 6.61 Å². The number of piperazine rings is 1. The van der Waals surface area contributed by atoms with E-state index in [-0.39, 0.29) is 12.5 Å². The smallest absolute Gasteiger partial charge is 0.248 e. The molecule has 0 saturated carbocycles. The minimum Gasteiger partial charge on any atom is -0.372 e. The maximum atomic E-state index is 11.8. The highest BCUT2D eigenvalue weighted by molar-refractivity contribution is 5.77. The maximum Gasteiger partial charge on any atom is 0.248 e. The van der Waals surface area contributed by atoms with Crippen LogP contribution in [0.25, 0.3) is 0 Å². The quantitative estimate of drug-likeness (QED) is 0.798. The largest absolute Gasteiger partial charge is 0.372 e. The van der Waals surface area contributed by atoms with Crippen LogP contribution in [0.5, 0.6) is 0 Å². The zero-order valence-electron chi connectivity index (χ0n) is 11.3. The molecule has 4 nitrogen and oxygen atoms in total. The molecule has 0 unspecified atom stereocenters. The van der Waals surface area contributed by atoms with Crippen LogP contribution in [-0.4, -0.2) is 55.1 Å². The minimum absolute atomic E-state index is 0.0722. The normalized spacial score (nSPS) is 16.6. The highest BCUT2D eigenvalue weighted by atomic mass is 16.5. The average molecular weight is 261 g/mol. The van der Waals surface area contributed by atoms with Crippen molar-refractivity contribution in [1.29, 1.82) is 0 Å². The van der Waals surface area contributed by atoms with Crippen molar-refractivity contribution >= 4 is 5.91 Å². The first kappa shape index (κ1) is 14.0. The van der Waals surface area contributed by atoms with E-state index in [1.165, 1.54) is 5.56 Å². The van der Waals surface area contributed by atoms with Crippen LogP contribution >= 0.6 is 0 Å². The van der Waals surface area contributed by atoms with Crippen LogP contribution in [0, 0.1) is 6.92 Å². The van der Waals surface area contributed by atoms with E-state index in [9.17, 15) is 4.79 Å². The Morgan fingerprint density at radius 3 is 2.47 bits per heavy atom. The van der Waals surface area contributed by atoms with E-state index in [2.05, 4.69) is 36.1 Å². The summed E-state index contributed by atoms with van der Waals surface area (Å²) in [5.41, 5.74) is 1.32. The zero-order chi connectivity index (χ0) is 13.5. The number of ether oxygens (including phenoxy) is 1. The molecule has 1 saturated heterocycles. The Kier molecular flexibility index (Phi) is 5.36. The number of nitrogens with zero attached hydrogens (tertiary/aromatic N) is 2. The zero-order valence-corrected chi connectivity index (χ0v) is 11.3. The third-order valence-corrected chi connectivity index (χ3v) is 3.34. The van der Waals surface area contributed by atoms with Gasteiger partial charge < -0.3 is 9.64 Å². The summed E-state index contributed by atoms with van der Waals surface area (Å²) in [4.78, 5) is 16.0. The lowest BCUT2D eigenvalue weighted by Gasteiger charge is -2.34. The van der Waals surface area contributed by atoms with Crippen LogP contribution in [0.1, 0.15) is 5.56 Å². The molecule has 1 aliphatic heterocycles. The highest BCUT2D eigenvalue weighted by Gasteiger charge is 2.20. The lowest BCUT2D eigenvalue weighted by molar-refractivity contribution is -0.137. The second-order valence-corrected chi connectivity index (χ2v) is 4.70. The van der Waals surface area contributed by atoms with Gasteiger partial charge in [0.2, 0.25) is 5.91 Å². The molecule has 0 bridgehead atoms. The number of rotatable bonds is 5. The molecule has 1 aromatic rings. The second kappa shape index (κ2) is 7.26. The summed E-state index contributed by atoms with van der Waals surface area (Å²) in [6.07, 6.45) is 0. The fraction of sp³-hybridized carbons (Fsp3) is 0.467. The Bertz CT molecular complexity index is 386. The van der Waals surface area contributed by atoms with Gasteiger partial charge in [-0.3, -0.25) is 9.69 Å². The van der Waals surface area contributed by atoms with Gasteiger partial charge in [0, 0.05) is 39.3 Å². The molecule has 1 aliphatic rings. The van der Waals surface area contributed by atoms with Crippen molar-refractivity contribution in [2.45, 2.75) is 6.54 Å². The first-order chi connectivity index (χ1) is 9.29. The van der Waals surface area contributed by atoms with Crippen molar-refractivity contribution in [2.24, 2.45) is 0 Å². The van der Waals surface area contributed by atoms with Crippen LogP contribution in [0.3, 0.4) is 0 Å². The van der Waals surface area contributed by atoms with Crippen molar-refractivity contribution in [1.82, 2.24) is 9.80 Å². The Hall–Kier alpha value is -1.39. The maximum absolute atomic E-state index is 11.8. The van der Waals surface area contributed by atoms with Crippen LogP contribution in [-0.2, 0) is 16.1 Å². The Morgan fingerprint density at radius 2 is 1.84 bits per heavy atom. The van der Waals surface area contributed by atoms with Crippen molar-refractivity contribution in [3.63, 3.8) is 0 Å². The number of hydrogen-bond donors (Lipinski definition) is 0. The Balaban J connectivity index is 1.75. The van der Waals surface area contributed by atoms with Crippen molar-refractivity contribution in [3.05, 3.63) is 42.8 Å². The van der Waals surface area contributed by atoms with E-state index in [1.54, 1.807) is 0 Å². The van der Waals surface area contributed by atoms with Gasteiger partial charge in [0.25, 0.3) is 0 Å². The monoisotopic (exact) mass is 261 g/mol. The topological polar surface area (TPSA) is 32.8 Å². The van der Waals surface area contributed by atoms with Gasteiger partial charge >= 0.3 is 0 Å². The van der Waals surface area contributed by atoms with Crippen LogP contribution < -0.4 is 0 Å². The number of hydrogen-bond acceptors (Lipinski definition) is 3. The second-order valence-electron chi connectivity index (χ2n) is 4.70. The molecule has 1 aromatic carbocycles. The summed E-state index contributed by atoms with van der Waals surface area (Å²) < 4.78 is 5.06. The van der Waals surface area contributed by atoms with E-state index >= 15 is 0 Å². The molecule has 0 aliphatic carbocycles. The first-order valence-corrected chi connectivity index (χ1v) is 6.70. The van der Waals surface area contributed by atoms with Gasteiger partial charge in [0.15, 0.2) is 0 Å². The van der Waals surface area contributed by atoms with Gasteiger partial charge in [-0.05, 0) is 12.5 Å². The van der Waals surface area contributed by atoms with Crippen LogP contribution in [0.4, 0.5) is 0 Å². The summed E-state index contributed by atoms with van der Waals surface area (Å²) in [5, 5.41) is 0. The number of amides is 1. The van der Waals surface area contributed by atoms with Crippen molar-refractivity contribution < 1.29 is 9.53 Å². The van der Waals surface area contributed by atoms with Crippen molar-refractivity contribution in [3.8, 4) is 0 Å². The molecular weight excluding hydrogens is 240 g/mol. The summed E-state index contributed by atoms with van der Waals surface area (Å²) in [5.74, 6) is 0.0722. The van der Waals surface area contributed by atoms with E-state index in [0.717, 1.165) is 32.7 Å². The van der Waals surface area contributed by atoms with Crippen LogP contribution in [0.15, 0.2) is 30.3 Å². The van der Waals surface area contributed by atoms with Gasteiger partial charge in [-0.2, -0.15) is 0 Å². The fourth-order valence-electron chi connectivity index (χ4n) is 2.25. The third-order valence-electron chi connectivity index (χ3n) is 3.34. The molecule has 0 atom stereocenters. The number of carbonyl (C=O) groups is 1. The molecule has 0 aromatic heterocycles. The SMILES string of the molecule is [CH2]COCC(=O)N1CCN(Cc2ccccc2)CC1. The average Bonchev–Trinajstić information content (AvgIpc) is 2.46. The molecule has 1 heterocycles. The Morgan fingerprint density at radius 1 is 1.16 bits per heavy atom. The first-order valence-electron chi connectivity index (χ1n) is 6.70. The molecule has 19 heavy (non-hydrogen) atoms. The fourth-order valence-corrected chi connectivity index (χ4v) is 2.25. The minimum atomic E-state index is 0.0722. The molecule has 4 heteroatoms. The molecule has 2 rings (SSSR count). The standard InChI is InChI=1S/C15H21N2O2/c1-2-19-13-15(18)17-10-8-16(9-11-17)12-14-6-4-3-5-7-14/h3-7H,1-2,8-13H2. The summed E-state index contributed by atoms with van der Waals surface area (Å²) in [6, 6.07) is 10.4. The summed E-state index contributed by atoms with van der Waals surface area (Å²) >= 11 is 0. The van der Waals surface area contributed by atoms with Gasteiger partial charge in [0.1, 0.15) is 6.61 Å². The lowest BCUT2D eigenvalue weighted by Crippen LogP contribution is -2.49. The Labute approximate surface area is 115 Å². The highest BCUT2D eigenvalue weighted by Crippen LogP contribution is 2.08. The van der Waals surface area contributed by atoms with Gasteiger partial charge in [0.05, 0.1) is 0 Å². The number of carbonyl (C=O) groups excluding carboxylic acids is 1. The van der Waals surface area contributed by atoms with Gasteiger partial charge in [-0.1, -0.05) is 30.3 Å². The lowest BCUT2D eigenvalue weighted by atomic mass is 10.2. The molecular formula is C15H21N2O2. The van der Waals surface area contributed by atoms with E-state index in [4.69, 9.17) is 4.74 Å². The summed E-state index contributed by atoms with van der Waals surface area (Å²) in [7, 11) is 0. The van der Waals surface area contributed by atoms with Crippen molar-refractivity contribution in [2.75, 3.05) is 39.4 Å². The van der Waals surface area contributed by atoms with Gasteiger partial charge in [-0.25, -0.2) is 0 Å². The third kappa shape index (κ3) is 4.33. The number of benzene rings is 1. The molecule has 0 spiro atoms. The molecule has 1 radical (unpaired) electrons. The van der Waals surface area contributed by atoms with E-state index < -0.39 is 0 Å². The molecule has 1 fully saturated rings. The van der Waals surface area contributed by atoms with E-state index in [1.807, 2.05) is 11.0 Å². The molecule has 1 amide bonds. The molecule has 103 valence electrons. The van der Waals surface area contributed by atoms with Gasteiger partial charge in [-0.15, -0.1) is 0 Å². The predicted molar refractivity (Wildman–Crippen MR) is 74.5 cm³/mol. The summed E-state index contributed by atoms with van der Waals surface area (Å²) in [6.45, 7) is 8.43.